The van der Waals surface area contributed by atoms with Gasteiger partial charge in [0.2, 0.25) is 0 Å². The lowest BCUT2D eigenvalue weighted by Crippen LogP contribution is -2.57. The summed E-state index contributed by atoms with van der Waals surface area (Å²) >= 11 is 3.31. The molecule has 1 saturated carbocycles. The predicted octanol–water partition coefficient (Wildman–Crippen LogP) is 2.96. The largest absolute Gasteiger partial charge is 0.504 e. The number of halogens is 1. The van der Waals surface area contributed by atoms with E-state index in [4.69, 9.17) is 4.74 Å². The minimum absolute atomic E-state index is 0.0527. The fourth-order valence-corrected chi connectivity index (χ4v) is 3.71. The summed E-state index contributed by atoms with van der Waals surface area (Å²) in [7, 11) is 0. The number of phenolic OH excluding ortho intramolecular Hbond substituents is 1. The first-order valence-corrected chi connectivity index (χ1v) is 9.27. The van der Waals surface area contributed by atoms with E-state index in [2.05, 4.69) is 21.2 Å². The maximum atomic E-state index is 12.8. The number of benzene rings is 1. The van der Waals surface area contributed by atoms with Crippen LogP contribution in [0.1, 0.15) is 38.2 Å². The minimum atomic E-state index is -0.729. The molecule has 0 unspecified atom stereocenters. The quantitative estimate of drug-likeness (QED) is 0.574. The Morgan fingerprint density at radius 1 is 1.31 bits per heavy atom. The average molecular weight is 423 g/mol. The molecular weight excluding hydrogens is 404 g/mol. The van der Waals surface area contributed by atoms with Crippen LogP contribution >= 0.6 is 15.9 Å². The first-order valence-electron chi connectivity index (χ1n) is 8.48. The fraction of sp³-hybridized carbons (Fsp3) is 0.389. The maximum absolute atomic E-state index is 12.8. The number of phenols is 1. The van der Waals surface area contributed by atoms with Gasteiger partial charge in [-0.05, 0) is 43.5 Å². The second-order valence-electron chi connectivity index (χ2n) is 6.21. The second kappa shape index (κ2) is 7.49. The zero-order valence-corrected chi connectivity index (χ0v) is 15.8. The number of carbonyl (C=O) groups excluding carboxylic acids is 3. The van der Waals surface area contributed by atoms with Gasteiger partial charge >= 0.3 is 6.03 Å². The van der Waals surface area contributed by atoms with Crippen LogP contribution in [-0.2, 0) is 9.59 Å². The Morgan fingerprint density at radius 3 is 2.65 bits per heavy atom. The van der Waals surface area contributed by atoms with Crippen molar-refractivity contribution in [2.75, 3.05) is 6.61 Å². The van der Waals surface area contributed by atoms with Gasteiger partial charge in [0, 0.05) is 10.5 Å². The van der Waals surface area contributed by atoms with Crippen LogP contribution < -0.4 is 10.1 Å². The number of urea groups is 1. The number of nitrogens with one attached hydrogen (secondary N) is 1. The third kappa shape index (κ3) is 3.46. The third-order valence-electron chi connectivity index (χ3n) is 4.50. The Balaban J connectivity index is 1.98. The van der Waals surface area contributed by atoms with E-state index in [0.717, 1.165) is 30.6 Å². The molecule has 8 heteroatoms. The van der Waals surface area contributed by atoms with E-state index < -0.39 is 17.8 Å². The number of imide groups is 2. The molecule has 0 bridgehead atoms. The zero-order chi connectivity index (χ0) is 18.8. The molecule has 1 saturated heterocycles. The van der Waals surface area contributed by atoms with E-state index in [9.17, 15) is 19.5 Å². The standard InChI is InChI=1S/C18H19BrN2O5/c1-2-26-15-8-10(13(19)9-14(15)22)7-12-16(23)20-18(25)21(17(12)24)11-5-3-4-6-11/h7-9,11,22H,2-6H2,1H3,(H,20,23,25)/b12-7+. The molecule has 0 atom stereocenters. The Kier molecular flexibility index (Phi) is 5.31. The summed E-state index contributed by atoms with van der Waals surface area (Å²) < 4.78 is 5.84. The number of rotatable bonds is 4. The van der Waals surface area contributed by atoms with Crippen molar-refractivity contribution in [3.05, 3.63) is 27.7 Å². The van der Waals surface area contributed by atoms with Gasteiger partial charge in [0.1, 0.15) is 5.57 Å². The molecule has 7 nitrogen and oxygen atoms in total. The molecule has 4 amide bonds. The van der Waals surface area contributed by atoms with Crippen molar-refractivity contribution in [2.24, 2.45) is 0 Å². The van der Waals surface area contributed by atoms with Gasteiger partial charge in [0.25, 0.3) is 11.8 Å². The summed E-state index contributed by atoms with van der Waals surface area (Å²) in [6, 6.07) is 2.13. The lowest BCUT2D eigenvalue weighted by atomic mass is 10.0. The zero-order valence-electron chi connectivity index (χ0n) is 14.3. The topological polar surface area (TPSA) is 95.9 Å². The minimum Gasteiger partial charge on any atom is -0.504 e. The van der Waals surface area contributed by atoms with Gasteiger partial charge in [-0.3, -0.25) is 19.8 Å². The van der Waals surface area contributed by atoms with E-state index in [1.807, 2.05) is 0 Å². The summed E-state index contributed by atoms with van der Waals surface area (Å²) in [5, 5.41) is 12.1. The molecule has 1 aliphatic carbocycles. The van der Waals surface area contributed by atoms with E-state index >= 15 is 0 Å². The summed E-state index contributed by atoms with van der Waals surface area (Å²) in [6.45, 7) is 2.14. The van der Waals surface area contributed by atoms with Crippen molar-refractivity contribution in [1.29, 1.82) is 0 Å². The molecule has 2 aliphatic rings. The smallest absolute Gasteiger partial charge is 0.331 e. The molecule has 0 aromatic heterocycles. The van der Waals surface area contributed by atoms with Crippen molar-refractivity contribution >= 4 is 39.9 Å². The number of barbiturate groups is 1. The van der Waals surface area contributed by atoms with Crippen LogP contribution in [0.5, 0.6) is 11.5 Å². The van der Waals surface area contributed by atoms with Gasteiger partial charge in [0.05, 0.1) is 6.61 Å². The Labute approximate surface area is 159 Å². The summed E-state index contributed by atoms with van der Waals surface area (Å²) in [5.74, 6) is -1.13. The number of amides is 4. The van der Waals surface area contributed by atoms with E-state index in [1.54, 1.807) is 6.92 Å². The molecule has 1 aromatic carbocycles. The molecule has 1 aliphatic heterocycles. The monoisotopic (exact) mass is 422 g/mol. The van der Waals surface area contributed by atoms with Crippen molar-refractivity contribution in [2.45, 2.75) is 38.6 Å². The van der Waals surface area contributed by atoms with Crippen LogP contribution in [0.25, 0.3) is 6.08 Å². The summed E-state index contributed by atoms with van der Waals surface area (Å²) in [6.07, 6.45) is 4.81. The van der Waals surface area contributed by atoms with Gasteiger partial charge in [-0.25, -0.2) is 4.79 Å². The first-order chi connectivity index (χ1) is 12.4. The van der Waals surface area contributed by atoms with E-state index in [0.29, 0.717) is 16.6 Å². The van der Waals surface area contributed by atoms with Crippen LogP contribution in [0.2, 0.25) is 0 Å². The molecule has 1 heterocycles. The number of nitrogens with zero attached hydrogens (tertiary/aromatic N) is 1. The highest BCUT2D eigenvalue weighted by atomic mass is 79.9. The average Bonchev–Trinajstić information content (AvgIpc) is 3.09. The fourth-order valence-electron chi connectivity index (χ4n) is 3.26. The summed E-state index contributed by atoms with van der Waals surface area (Å²) in [4.78, 5) is 38.3. The lowest BCUT2D eigenvalue weighted by Gasteiger charge is -2.31. The molecule has 2 N–H and O–H groups in total. The molecular formula is C18H19BrN2O5. The first kappa shape index (κ1) is 18.4. The number of hydrogen-bond acceptors (Lipinski definition) is 5. The number of hydrogen-bond donors (Lipinski definition) is 2. The molecule has 138 valence electrons. The van der Waals surface area contributed by atoms with E-state index in [1.165, 1.54) is 18.2 Å². The highest BCUT2D eigenvalue weighted by Gasteiger charge is 2.40. The van der Waals surface area contributed by atoms with Crippen LogP contribution in [-0.4, -0.2) is 40.5 Å². The van der Waals surface area contributed by atoms with Gasteiger partial charge in [-0.1, -0.05) is 28.8 Å². The van der Waals surface area contributed by atoms with Gasteiger partial charge < -0.3 is 9.84 Å². The van der Waals surface area contributed by atoms with Gasteiger partial charge in [-0.15, -0.1) is 0 Å². The highest BCUT2D eigenvalue weighted by Crippen LogP contribution is 2.34. The lowest BCUT2D eigenvalue weighted by molar-refractivity contribution is -0.131. The Hall–Kier alpha value is -2.35. The number of carbonyl (C=O) groups is 3. The Bertz CT molecular complexity index is 799. The molecule has 0 spiro atoms. The third-order valence-corrected chi connectivity index (χ3v) is 5.19. The van der Waals surface area contributed by atoms with Gasteiger partial charge in [-0.2, -0.15) is 0 Å². The Morgan fingerprint density at radius 2 is 2.00 bits per heavy atom. The van der Waals surface area contributed by atoms with Crippen LogP contribution in [0.3, 0.4) is 0 Å². The van der Waals surface area contributed by atoms with Crippen LogP contribution in [0.15, 0.2) is 22.2 Å². The second-order valence-corrected chi connectivity index (χ2v) is 7.06. The predicted molar refractivity (Wildman–Crippen MR) is 97.6 cm³/mol. The normalized spacial score (nSPS) is 20.0. The summed E-state index contributed by atoms with van der Waals surface area (Å²) in [5.41, 5.74) is 0.371. The molecule has 3 rings (SSSR count). The number of ether oxygens (including phenoxy) is 1. The molecule has 0 radical (unpaired) electrons. The van der Waals surface area contributed by atoms with Crippen LogP contribution in [0, 0.1) is 0 Å². The van der Waals surface area contributed by atoms with E-state index in [-0.39, 0.29) is 23.1 Å². The highest BCUT2D eigenvalue weighted by molar-refractivity contribution is 9.10. The van der Waals surface area contributed by atoms with Gasteiger partial charge in [0.15, 0.2) is 11.5 Å². The van der Waals surface area contributed by atoms with Crippen molar-refractivity contribution in [3.8, 4) is 11.5 Å². The molecule has 2 fully saturated rings. The maximum Gasteiger partial charge on any atom is 0.331 e. The number of aromatic hydroxyl groups is 1. The molecule has 1 aromatic rings. The van der Waals surface area contributed by atoms with Crippen molar-refractivity contribution in [3.63, 3.8) is 0 Å². The van der Waals surface area contributed by atoms with Crippen LogP contribution in [0.4, 0.5) is 4.79 Å². The molecule has 26 heavy (non-hydrogen) atoms. The SMILES string of the molecule is CCOc1cc(/C=C2\C(=O)NC(=O)N(C3CCCC3)C2=O)c(Br)cc1O. The van der Waals surface area contributed by atoms with Crippen molar-refractivity contribution < 1.29 is 24.2 Å². The van der Waals surface area contributed by atoms with Crippen molar-refractivity contribution in [1.82, 2.24) is 10.2 Å².